The quantitative estimate of drug-likeness (QED) is 0.626. The predicted molar refractivity (Wildman–Crippen MR) is 119 cm³/mol. The first-order chi connectivity index (χ1) is 14.9. The lowest BCUT2D eigenvalue weighted by Crippen LogP contribution is -2.49. The van der Waals surface area contributed by atoms with E-state index in [4.69, 9.17) is 10.00 Å². The van der Waals surface area contributed by atoms with Crippen molar-refractivity contribution < 1.29 is 17.9 Å². The van der Waals surface area contributed by atoms with E-state index < -0.39 is 10.0 Å². The molecule has 0 radical (unpaired) electrons. The van der Waals surface area contributed by atoms with Crippen molar-refractivity contribution in [1.29, 1.82) is 5.26 Å². The number of piperazine rings is 1. The smallest absolute Gasteiger partial charge is 0.251 e. The molecule has 0 bridgehead atoms. The number of rotatable bonds is 8. The number of sulfonamides is 1. The van der Waals surface area contributed by atoms with Crippen LogP contribution in [-0.2, 0) is 10.0 Å². The van der Waals surface area contributed by atoms with E-state index >= 15 is 0 Å². The van der Waals surface area contributed by atoms with Gasteiger partial charge in [0.25, 0.3) is 5.91 Å². The van der Waals surface area contributed by atoms with Gasteiger partial charge in [0.05, 0.1) is 24.5 Å². The van der Waals surface area contributed by atoms with Gasteiger partial charge in [0.15, 0.2) is 0 Å². The van der Waals surface area contributed by atoms with Gasteiger partial charge in [-0.25, -0.2) is 8.42 Å². The van der Waals surface area contributed by atoms with Crippen LogP contribution in [0.4, 0.5) is 5.69 Å². The molecular weight excluding hydrogens is 416 g/mol. The van der Waals surface area contributed by atoms with Crippen molar-refractivity contribution in [3.63, 3.8) is 0 Å². The van der Waals surface area contributed by atoms with E-state index in [0.29, 0.717) is 43.7 Å². The minimum absolute atomic E-state index is 0.0198. The summed E-state index contributed by atoms with van der Waals surface area (Å²) in [5.74, 6) is 0.450. The average molecular weight is 443 g/mol. The number of hydrogen-bond donors (Lipinski definition) is 1. The molecule has 31 heavy (non-hydrogen) atoms. The number of carbonyl (C=O) groups excluding carboxylic acids is 1. The lowest BCUT2D eigenvalue weighted by Gasteiger charge is -2.35. The second-order valence-electron chi connectivity index (χ2n) is 7.20. The number of amides is 1. The highest BCUT2D eigenvalue weighted by molar-refractivity contribution is 7.89. The molecule has 2 aromatic carbocycles. The van der Waals surface area contributed by atoms with Gasteiger partial charge >= 0.3 is 0 Å². The molecule has 0 aromatic heterocycles. The Labute approximate surface area is 183 Å². The zero-order chi connectivity index (χ0) is 22.3. The SMILES string of the molecule is COc1ccc(N2CCN(S(=O)(=O)CCCNC(=O)c3cccc(C#N)c3)CC2)cc1. The van der Waals surface area contributed by atoms with Gasteiger partial charge < -0.3 is 15.0 Å². The normalized spacial score (nSPS) is 14.6. The number of anilines is 1. The Morgan fingerprint density at radius 3 is 2.48 bits per heavy atom. The van der Waals surface area contributed by atoms with Crippen LogP contribution in [-0.4, -0.2) is 64.2 Å². The number of nitrogens with zero attached hydrogens (tertiary/aromatic N) is 3. The van der Waals surface area contributed by atoms with Gasteiger partial charge in [0.1, 0.15) is 5.75 Å². The molecule has 0 saturated carbocycles. The summed E-state index contributed by atoms with van der Waals surface area (Å²) in [7, 11) is -1.76. The Balaban J connectivity index is 1.43. The van der Waals surface area contributed by atoms with E-state index in [1.165, 1.54) is 10.4 Å². The Hall–Kier alpha value is -3.09. The molecule has 9 heteroatoms. The van der Waals surface area contributed by atoms with Crippen LogP contribution in [0.2, 0.25) is 0 Å². The minimum Gasteiger partial charge on any atom is -0.497 e. The third kappa shape index (κ3) is 5.96. The average Bonchev–Trinajstić information content (AvgIpc) is 2.82. The van der Waals surface area contributed by atoms with Crippen LogP contribution in [0.15, 0.2) is 48.5 Å². The summed E-state index contributed by atoms with van der Waals surface area (Å²) in [4.78, 5) is 14.3. The minimum atomic E-state index is -3.38. The molecule has 1 aliphatic rings. The molecule has 0 aliphatic carbocycles. The lowest BCUT2D eigenvalue weighted by atomic mass is 10.1. The number of hydrogen-bond acceptors (Lipinski definition) is 6. The number of ether oxygens (including phenoxy) is 1. The Morgan fingerprint density at radius 1 is 1.13 bits per heavy atom. The third-order valence-corrected chi connectivity index (χ3v) is 7.14. The number of nitrogens with one attached hydrogen (secondary N) is 1. The summed E-state index contributed by atoms with van der Waals surface area (Å²) < 4.78 is 32.0. The standard InChI is InChI=1S/C22H26N4O4S/c1-30-21-8-6-20(7-9-21)25-11-13-26(14-12-25)31(28,29)15-3-10-24-22(27)19-5-2-4-18(16-19)17-23/h2,4-9,16H,3,10-15H2,1H3,(H,24,27). The van der Waals surface area contributed by atoms with Crippen LogP contribution in [0.3, 0.4) is 0 Å². The highest BCUT2D eigenvalue weighted by Crippen LogP contribution is 2.21. The molecule has 0 atom stereocenters. The molecule has 8 nitrogen and oxygen atoms in total. The number of carbonyl (C=O) groups is 1. The maximum absolute atomic E-state index is 12.7. The van der Waals surface area contributed by atoms with Crippen LogP contribution < -0.4 is 15.0 Å². The fourth-order valence-corrected chi connectivity index (χ4v) is 4.92. The monoisotopic (exact) mass is 442 g/mol. The van der Waals surface area contributed by atoms with Crippen molar-refractivity contribution in [1.82, 2.24) is 9.62 Å². The van der Waals surface area contributed by atoms with Crippen LogP contribution >= 0.6 is 0 Å². The van der Waals surface area contributed by atoms with E-state index in [2.05, 4.69) is 10.2 Å². The Morgan fingerprint density at radius 2 is 1.84 bits per heavy atom. The van der Waals surface area contributed by atoms with Gasteiger partial charge in [0, 0.05) is 44.0 Å². The first kappa shape index (κ1) is 22.6. The summed E-state index contributed by atoms with van der Waals surface area (Å²) in [5, 5.41) is 11.6. The predicted octanol–water partition coefficient (Wildman–Crippen LogP) is 1.84. The first-order valence-corrected chi connectivity index (χ1v) is 11.7. The number of nitriles is 1. The molecule has 0 unspecified atom stereocenters. The summed E-state index contributed by atoms with van der Waals surface area (Å²) in [6.45, 7) is 2.36. The van der Waals surface area contributed by atoms with Crippen molar-refractivity contribution in [2.45, 2.75) is 6.42 Å². The summed E-state index contributed by atoms with van der Waals surface area (Å²) in [6.07, 6.45) is 0.324. The zero-order valence-electron chi connectivity index (χ0n) is 17.5. The molecule has 3 rings (SSSR count). The topological polar surface area (TPSA) is 103 Å². The second-order valence-corrected chi connectivity index (χ2v) is 9.29. The first-order valence-electron chi connectivity index (χ1n) is 10.1. The molecule has 1 fully saturated rings. The molecule has 0 spiro atoms. The van der Waals surface area contributed by atoms with Crippen molar-refractivity contribution in [2.75, 3.05) is 50.5 Å². The van der Waals surface area contributed by atoms with E-state index in [-0.39, 0.29) is 18.2 Å². The Kier molecular flexibility index (Phi) is 7.50. The van der Waals surface area contributed by atoms with Crippen molar-refractivity contribution in [2.24, 2.45) is 0 Å². The van der Waals surface area contributed by atoms with Gasteiger partial charge in [-0.3, -0.25) is 4.79 Å². The third-order valence-electron chi connectivity index (χ3n) is 5.19. The zero-order valence-corrected chi connectivity index (χ0v) is 18.3. The molecule has 1 N–H and O–H groups in total. The molecule has 2 aromatic rings. The van der Waals surface area contributed by atoms with Gasteiger partial charge in [-0.1, -0.05) is 6.07 Å². The maximum Gasteiger partial charge on any atom is 0.251 e. The molecule has 164 valence electrons. The van der Waals surface area contributed by atoms with Crippen LogP contribution in [0.5, 0.6) is 5.75 Å². The van der Waals surface area contributed by atoms with Gasteiger partial charge in [-0.2, -0.15) is 9.57 Å². The molecule has 1 amide bonds. The summed E-state index contributed by atoms with van der Waals surface area (Å²) in [5.41, 5.74) is 1.83. The van der Waals surface area contributed by atoms with Crippen LogP contribution in [0.1, 0.15) is 22.3 Å². The second kappa shape index (κ2) is 10.3. The Bertz CT molecular complexity index is 1040. The van der Waals surface area contributed by atoms with Gasteiger partial charge in [-0.15, -0.1) is 0 Å². The van der Waals surface area contributed by atoms with Crippen molar-refractivity contribution in [3.8, 4) is 11.8 Å². The fraction of sp³-hybridized carbons (Fsp3) is 0.364. The maximum atomic E-state index is 12.7. The van der Waals surface area contributed by atoms with Crippen molar-refractivity contribution >= 4 is 21.6 Å². The van der Waals surface area contributed by atoms with E-state index in [1.807, 2.05) is 30.3 Å². The number of methoxy groups -OCH3 is 1. The molecule has 1 heterocycles. The van der Waals surface area contributed by atoms with Crippen LogP contribution in [0, 0.1) is 11.3 Å². The highest BCUT2D eigenvalue weighted by atomic mass is 32.2. The van der Waals surface area contributed by atoms with Crippen LogP contribution in [0.25, 0.3) is 0 Å². The molecular formula is C22H26N4O4S. The van der Waals surface area contributed by atoms with E-state index in [1.54, 1.807) is 25.3 Å². The molecule has 1 saturated heterocycles. The van der Waals surface area contributed by atoms with Gasteiger partial charge in [-0.05, 0) is 48.9 Å². The van der Waals surface area contributed by atoms with Crippen molar-refractivity contribution in [3.05, 3.63) is 59.7 Å². The summed E-state index contributed by atoms with van der Waals surface area (Å²) in [6, 6.07) is 16.1. The fourth-order valence-electron chi connectivity index (χ4n) is 3.44. The number of benzene rings is 2. The lowest BCUT2D eigenvalue weighted by molar-refractivity contribution is 0.0953. The van der Waals surface area contributed by atoms with E-state index in [9.17, 15) is 13.2 Å². The van der Waals surface area contributed by atoms with E-state index in [0.717, 1.165) is 11.4 Å². The highest BCUT2D eigenvalue weighted by Gasteiger charge is 2.26. The molecule has 1 aliphatic heterocycles. The van der Waals surface area contributed by atoms with Gasteiger partial charge in [0.2, 0.25) is 10.0 Å². The summed E-state index contributed by atoms with van der Waals surface area (Å²) >= 11 is 0. The largest absolute Gasteiger partial charge is 0.497 e.